The fourth-order valence-electron chi connectivity index (χ4n) is 7.63. The van der Waals surface area contributed by atoms with E-state index in [-0.39, 0.29) is 56.5 Å². The van der Waals surface area contributed by atoms with Crippen molar-refractivity contribution in [2.24, 2.45) is 22.4 Å². The van der Waals surface area contributed by atoms with Gasteiger partial charge in [0.25, 0.3) is 10.0 Å². The van der Waals surface area contributed by atoms with Crippen molar-refractivity contribution in [3.8, 4) is 5.75 Å². The molecular formula is C49H79N9O12S. The molecule has 0 spiro atoms. The van der Waals surface area contributed by atoms with Crippen molar-refractivity contribution >= 4 is 45.5 Å². The van der Waals surface area contributed by atoms with Gasteiger partial charge in [-0.3, -0.25) is 29.0 Å². The minimum atomic E-state index is -4.19. The van der Waals surface area contributed by atoms with Crippen molar-refractivity contribution in [3.63, 3.8) is 0 Å². The van der Waals surface area contributed by atoms with Gasteiger partial charge in [-0.1, -0.05) is 44.2 Å². The second-order valence-electron chi connectivity index (χ2n) is 19.3. The number of ether oxygens (including phenoxy) is 5. The molecule has 0 bridgehead atoms. The van der Waals surface area contributed by atoms with Crippen molar-refractivity contribution in [2.45, 2.75) is 135 Å². The molecule has 4 unspecified atom stereocenters. The maximum absolute atomic E-state index is 14.1. The van der Waals surface area contributed by atoms with Crippen LogP contribution in [0.5, 0.6) is 5.75 Å². The second-order valence-corrected chi connectivity index (χ2v) is 21.0. The lowest BCUT2D eigenvalue weighted by Crippen LogP contribution is -2.60. The number of sulfonamides is 1. The first kappa shape index (κ1) is 59.9. The second kappa shape index (κ2) is 28.0. The van der Waals surface area contributed by atoms with Crippen LogP contribution in [0.15, 0.2) is 40.2 Å². The van der Waals surface area contributed by atoms with Crippen LogP contribution in [0.1, 0.15) is 89.1 Å². The van der Waals surface area contributed by atoms with E-state index < -0.39 is 87.5 Å². The van der Waals surface area contributed by atoms with Crippen LogP contribution < -0.4 is 47.5 Å². The summed E-state index contributed by atoms with van der Waals surface area (Å²) in [6, 6.07) is 4.38. The molecule has 10 N–H and O–H groups in total. The molecule has 398 valence electrons. The zero-order valence-electron chi connectivity index (χ0n) is 43.4. The van der Waals surface area contributed by atoms with Gasteiger partial charge in [0.1, 0.15) is 42.1 Å². The molecule has 71 heavy (non-hydrogen) atoms. The number of guanidine groups is 1. The smallest absolute Gasteiger partial charge is 0.264 e. The Hall–Kier alpha value is -5.39. The van der Waals surface area contributed by atoms with Gasteiger partial charge in [-0.15, -0.1) is 0 Å². The number of benzene rings is 2. The molecule has 0 aliphatic carbocycles. The molecular weight excluding hydrogens is 939 g/mol. The normalized spacial score (nSPS) is 15.1. The summed E-state index contributed by atoms with van der Waals surface area (Å²) < 4.78 is 58.2. The number of likely N-dealkylation sites (N-methyl/N-ethyl adjacent to an activating group) is 1. The lowest BCUT2D eigenvalue weighted by Gasteiger charge is -2.29. The van der Waals surface area contributed by atoms with Crippen LogP contribution >= 0.6 is 0 Å². The van der Waals surface area contributed by atoms with E-state index in [9.17, 15) is 32.4 Å². The molecule has 0 fully saturated rings. The average molecular weight is 1020 g/mol. The highest BCUT2D eigenvalue weighted by molar-refractivity contribution is 7.90. The Morgan fingerprint density at radius 1 is 0.803 bits per heavy atom. The number of carbonyl (C=O) groups is 5. The first-order chi connectivity index (χ1) is 33.3. The van der Waals surface area contributed by atoms with Crippen LogP contribution in [0.25, 0.3) is 0 Å². The molecule has 0 radical (unpaired) electrons. The predicted molar refractivity (Wildman–Crippen MR) is 269 cm³/mol. The highest BCUT2D eigenvalue weighted by Gasteiger charge is 2.37. The van der Waals surface area contributed by atoms with Crippen LogP contribution in [-0.4, -0.2) is 146 Å². The molecule has 22 heteroatoms. The Morgan fingerprint density at radius 3 is 2.01 bits per heavy atom. The topological polar surface area (TPSA) is 302 Å². The third kappa shape index (κ3) is 19.6. The van der Waals surface area contributed by atoms with E-state index in [1.165, 1.54) is 7.05 Å². The van der Waals surface area contributed by atoms with E-state index in [1.807, 2.05) is 51.1 Å². The number of nitrogens with one attached hydrogen (secondary N) is 6. The number of fused-ring (bicyclic) bond motifs is 1. The zero-order valence-corrected chi connectivity index (χ0v) is 44.2. The van der Waals surface area contributed by atoms with Gasteiger partial charge >= 0.3 is 0 Å². The van der Waals surface area contributed by atoms with E-state index in [0.717, 1.165) is 11.1 Å². The summed E-state index contributed by atoms with van der Waals surface area (Å²) in [7, 11) is -2.74. The van der Waals surface area contributed by atoms with Crippen molar-refractivity contribution in [3.05, 3.63) is 58.1 Å². The number of rotatable bonds is 29. The van der Waals surface area contributed by atoms with Crippen LogP contribution in [0, 0.1) is 26.7 Å². The molecule has 1 aliphatic heterocycles. The first-order valence-corrected chi connectivity index (χ1v) is 25.5. The van der Waals surface area contributed by atoms with Crippen LogP contribution in [0.3, 0.4) is 0 Å². The summed E-state index contributed by atoms with van der Waals surface area (Å²) in [5.41, 5.74) is 13.7. The van der Waals surface area contributed by atoms with Gasteiger partial charge in [-0.2, -0.15) is 0 Å². The van der Waals surface area contributed by atoms with E-state index in [0.29, 0.717) is 55.2 Å². The quantitative estimate of drug-likeness (QED) is 0.0322. The fourth-order valence-corrected chi connectivity index (χ4v) is 9.15. The van der Waals surface area contributed by atoms with E-state index >= 15 is 0 Å². The minimum Gasteiger partial charge on any atom is -0.487 e. The molecule has 1 aliphatic rings. The van der Waals surface area contributed by atoms with Gasteiger partial charge in [0, 0.05) is 38.5 Å². The molecule has 2 aromatic carbocycles. The molecule has 3 rings (SSSR count). The molecule has 21 nitrogen and oxygen atoms in total. The Labute approximate surface area is 419 Å². The monoisotopic (exact) mass is 1020 g/mol. The lowest BCUT2D eigenvalue weighted by molar-refractivity contribution is -0.137. The Balaban J connectivity index is 1.79. The molecule has 5 amide bonds. The van der Waals surface area contributed by atoms with Crippen molar-refractivity contribution in [2.75, 3.05) is 66.4 Å². The third-order valence-electron chi connectivity index (χ3n) is 11.3. The van der Waals surface area contributed by atoms with Crippen LogP contribution in [0.4, 0.5) is 0 Å². The third-order valence-corrected chi connectivity index (χ3v) is 13.0. The van der Waals surface area contributed by atoms with Crippen molar-refractivity contribution in [1.29, 1.82) is 0 Å². The standard InChI is InChI=1S/C49H79N9O12S/c1-30(2)40(46(63)56-38(28-69-48(6,7)8)45(62)55-37(43(60)52-11)26-34-16-13-12-14-17-34)57-44(61)36(54-39(59)29-68-25-24-67-23-22-66-21-19-50)18-15-20-53-47(51)58-71(64,65)42-32(4)31(3)41-35(33(42)5)27-49(9,10)70-41/h12-14,16-17,30,36-38,40H,15,18-29,50H2,1-11H3,(H,52,60)(H,54,59)(H,55,62)(H,56,63)(H,57,61)(H3,51,53,58). The highest BCUT2D eigenvalue weighted by atomic mass is 32.2. The number of aliphatic imine (C=N–C) groups is 1. The SMILES string of the molecule is CNC(=O)C(Cc1ccccc1)NC(=O)C(COC(C)(C)C)NC(=O)C(NC(=O)C(CCCN=C(N)NS(=O)(=O)c1c(C)c(C)c2c(c1C)CC(C)(C)O2)NC(=O)COCCOCCOCCN)C(C)C. The summed E-state index contributed by atoms with van der Waals surface area (Å²) in [6.45, 7) is 18.8. The first-order valence-electron chi connectivity index (χ1n) is 24.0. The number of nitrogens with zero attached hydrogens (tertiary/aromatic N) is 1. The minimum absolute atomic E-state index is 0.0236. The molecule has 2 aromatic rings. The summed E-state index contributed by atoms with van der Waals surface area (Å²) in [4.78, 5) is 72.6. The molecule has 0 aromatic heterocycles. The average Bonchev–Trinajstić information content (AvgIpc) is 3.63. The maximum atomic E-state index is 14.1. The summed E-state index contributed by atoms with van der Waals surface area (Å²) in [6.07, 6.45) is 0.808. The van der Waals surface area contributed by atoms with E-state index in [4.69, 9.17) is 35.2 Å². The number of hydrogen-bond donors (Lipinski definition) is 8. The number of nitrogens with two attached hydrogens (primary N) is 2. The molecule has 0 saturated carbocycles. The molecule has 1 heterocycles. The lowest BCUT2D eigenvalue weighted by atomic mass is 9.94. The van der Waals surface area contributed by atoms with Gasteiger partial charge in [-0.25, -0.2) is 13.1 Å². The van der Waals surface area contributed by atoms with Gasteiger partial charge in [0.05, 0.1) is 50.1 Å². The number of carbonyl (C=O) groups excluding carboxylic acids is 5. The molecule has 0 saturated heterocycles. The predicted octanol–water partition coefficient (Wildman–Crippen LogP) is 1.11. The van der Waals surface area contributed by atoms with Gasteiger partial charge in [0.15, 0.2) is 0 Å². The van der Waals surface area contributed by atoms with E-state index in [2.05, 4.69) is 36.3 Å². The van der Waals surface area contributed by atoms with Crippen LogP contribution in [-0.2, 0) is 65.8 Å². The Morgan fingerprint density at radius 2 is 1.41 bits per heavy atom. The Bertz CT molecular complexity index is 2250. The van der Waals surface area contributed by atoms with E-state index in [1.54, 1.807) is 48.5 Å². The van der Waals surface area contributed by atoms with Crippen LogP contribution in [0.2, 0.25) is 0 Å². The van der Waals surface area contributed by atoms with Gasteiger partial charge in [-0.05, 0) is 96.4 Å². The Kier molecular flexibility index (Phi) is 23.6. The van der Waals surface area contributed by atoms with Gasteiger partial charge in [0.2, 0.25) is 35.5 Å². The summed E-state index contributed by atoms with van der Waals surface area (Å²) >= 11 is 0. The maximum Gasteiger partial charge on any atom is 0.264 e. The number of hydrogen-bond acceptors (Lipinski definition) is 14. The van der Waals surface area contributed by atoms with Crippen molar-refractivity contribution in [1.82, 2.24) is 31.3 Å². The fraction of sp³-hybridized carbons (Fsp3) is 0.633. The summed E-state index contributed by atoms with van der Waals surface area (Å²) in [5, 5.41) is 13.4. The largest absolute Gasteiger partial charge is 0.487 e. The highest BCUT2D eigenvalue weighted by Crippen LogP contribution is 2.43. The van der Waals surface area contributed by atoms with Gasteiger partial charge < -0.3 is 61.7 Å². The summed E-state index contributed by atoms with van der Waals surface area (Å²) in [5.74, 6) is -3.45. The number of amides is 5. The zero-order chi connectivity index (χ0) is 53.1. The molecule has 4 atom stereocenters. The van der Waals surface area contributed by atoms with Crippen molar-refractivity contribution < 1.29 is 56.1 Å².